The molecule has 1 aliphatic rings. The van der Waals surface area contributed by atoms with Crippen molar-refractivity contribution in [3.63, 3.8) is 0 Å². The fourth-order valence-electron chi connectivity index (χ4n) is 2.52. The molecule has 1 saturated heterocycles. The molecule has 140 valence electrons. The summed E-state index contributed by atoms with van der Waals surface area (Å²) in [5.41, 5.74) is 0. The number of hydrogen-bond acceptors (Lipinski definition) is 4. The molecular formula is C18H30N4O2S. The van der Waals surface area contributed by atoms with Crippen molar-refractivity contribution < 1.29 is 9.53 Å². The van der Waals surface area contributed by atoms with Crippen LogP contribution in [0.2, 0.25) is 0 Å². The molecule has 0 bridgehead atoms. The molecule has 1 unspecified atom stereocenters. The first kappa shape index (κ1) is 19.7. The Morgan fingerprint density at radius 2 is 2.12 bits per heavy atom. The normalized spacial score (nSPS) is 18.0. The lowest BCUT2D eigenvalue weighted by atomic mass is 10.1. The van der Waals surface area contributed by atoms with Crippen molar-refractivity contribution in [1.29, 1.82) is 0 Å². The Bertz CT molecular complexity index is 565. The van der Waals surface area contributed by atoms with Crippen LogP contribution in [0.25, 0.3) is 0 Å². The van der Waals surface area contributed by atoms with E-state index in [0.29, 0.717) is 19.0 Å². The number of ether oxygens (including phenoxy) is 1. The van der Waals surface area contributed by atoms with Gasteiger partial charge >= 0.3 is 0 Å². The van der Waals surface area contributed by atoms with E-state index in [1.54, 1.807) is 30.3 Å². The summed E-state index contributed by atoms with van der Waals surface area (Å²) in [4.78, 5) is 20.4. The highest BCUT2D eigenvalue weighted by Crippen LogP contribution is 2.16. The highest BCUT2D eigenvalue weighted by molar-refractivity contribution is 7.11. The molecule has 2 rings (SSSR count). The van der Waals surface area contributed by atoms with Gasteiger partial charge < -0.3 is 20.3 Å². The molecule has 7 heteroatoms. The molecule has 1 amide bonds. The molecule has 25 heavy (non-hydrogen) atoms. The number of aliphatic imine (C=N–C) groups is 1. The van der Waals surface area contributed by atoms with Crippen LogP contribution in [0.3, 0.4) is 0 Å². The Labute approximate surface area is 154 Å². The van der Waals surface area contributed by atoms with Gasteiger partial charge in [-0.1, -0.05) is 6.92 Å². The predicted octanol–water partition coefficient (Wildman–Crippen LogP) is 2.00. The van der Waals surface area contributed by atoms with E-state index in [1.807, 2.05) is 0 Å². The topological polar surface area (TPSA) is 66.0 Å². The molecule has 1 atom stereocenters. The summed E-state index contributed by atoms with van der Waals surface area (Å²) in [5, 5.41) is 6.65. The summed E-state index contributed by atoms with van der Waals surface area (Å²) < 4.78 is 5.75. The second-order valence-corrected chi connectivity index (χ2v) is 7.65. The molecule has 2 N–H and O–H groups in total. The first-order valence-corrected chi connectivity index (χ1v) is 9.81. The molecule has 0 aromatic carbocycles. The van der Waals surface area contributed by atoms with E-state index in [4.69, 9.17) is 4.74 Å². The van der Waals surface area contributed by atoms with Crippen LogP contribution >= 0.6 is 11.3 Å². The molecule has 0 saturated carbocycles. The maximum atomic E-state index is 11.8. The summed E-state index contributed by atoms with van der Waals surface area (Å²) in [7, 11) is 3.48. The first-order valence-electron chi connectivity index (χ1n) is 9.00. The second kappa shape index (κ2) is 10.4. The molecule has 1 fully saturated rings. The Morgan fingerprint density at radius 3 is 2.76 bits per heavy atom. The molecule has 0 spiro atoms. The van der Waals surface area contributed by atoms with Crippen LogP contribution in [0.4, 0.5) is 0 Å². The number of nitrogens with one attached hydrogen (secondary N) is 2. The van der Waals surface area contributed by atoms with Gasteiger partial charge in [0.2, 0.25) is 5.91 Å². The number of carbonyl (C=O) groups excluding carboxylic acids is 1. The molecular weight excluding hydrogens is 336 g/mol. The lowest BCUT2D eigenvalue weighted by molar-refractivity contribution is -0.127. The van der Waals surface area contributed by atoms with Gasteiger partial charge in [0, 0.05) is 37.0 Å². The van der Waals surface area contributed by atoms with Crippen molar-refractivity contribution in [2.24, 2.45) is 4.99 Å². The first-order chi connectivity index (χ1) is 12.1. The van der Waals surface area contributed by atoms with Gasteiger partial charge in [0.15, 0.2) is 5.96 Å². The minimum absolute atomic E-state index is 0.0144. The summed E-state index contributed by atoms with van der Waals surface area (Å²) in [6, 6.07) is 4.31. The lowest BCUT2D eigenvalue weighted by Crippen LogP contribution is -2.42. The van der Waals surface area contributed by atoms with E-state index in [1.165, 1.54) is 16.2 Å². The number of carbonyl (C=O) groups is 1. The van der Waals surface area contributed by atoms with Crippen LogP contribution in [0.5, 0.6) is 0 Å². The molecule has 6 nitrogen and oxygen atoms in total. The van der Waals surface area contributed by atoms with Crippen LogP contribution in [0.15, 0.2) is 17.1 Å². The Hall–Kier alpha value is -1.60. The Balaban J connectivity index is 1.89. The Morgan fingerprint density at radius 1 is 1.32 bits per heavy atom. The number of aryl methyl sites for hydroxylation is 1. The molecule has 1 aliphatic heterocycles. The quantitative estimate of drug-likeness (QED) is 0.572. The summed E-state index contributed by atoms with van der Waals surface area (Å²) in [6.45, 7) is 4.55. The average Bonchev–Trinajstić information content (AvgIpc) is 3.09. The third-order valence-electron chi connectivity index (χ3n) is 4.14. The fraction of sp³-hybridized carbons (Fsp3) is 0.667. The van der Waals surface area contributed by atoms with Gasteiger partial charge in [0.25, 0.3) is 0 Å². The highest BCUT2D eigenvalue weighted by atomic mass is 32.1. The number of hydrogen-bond donors (Lipinski definition) is 2. The van der Waals surface area contributed by atoms with Crippen molar-refractivity contribution in [1.82, 2.24) is 15.5 Å². The lowest BCUT2D eigenvalue weighted by Gasteiger charge is -2.23. The van der Waals surface area contributed by atoms with Crippen LogP contribution in [0.1, 0.15) is 35.9 Å². The zero-order valence-corrected chi connectivity index (χ0v) is 16.3. The maximum absolute atomic E-state index is 11.8. The highest BCUT2D eigenvalue weighted by Gasteiger charge is 2.14. The number of likely N-dealkylation sites (N-methyl/N-ethyl adjacent to an activating group) is 1. The number of amides is 1. The van der Waals surface area contributed by atoms with Gasteiger partial charge in [-0.3, -0.25) is 4.79 Å². The molecule has 0 aliphatic carbocycles. The molecule has 0 radical (unpaired) electrons. The van der Waals surface area contributed by atoms with Crippen molar-refractivity contribution in [2.75, 3.05) is 33.8 Å². The SMILES string of the molecule is CCc1ccc(CNC(=NCC(=O)N(C)C)NCC2CCCCO2)s1. The van der Waals surface area contributed by atoms with Gasteiger partial charge in [-0.05, 0) is 37.8 Å². The number of rotatable bonds is 7. The standard InChI is InChI=1S/C18H30N4O2S/c1-4-15-8-9-16(25-15)12-20-18(21-13-17(23)22(2)3)19-11-14-7-5-6-10-24-14/h8-9,14H,4-7,10-13H2,1-3H3,(H2,19,20,21). The summed E-state index contributed by atoms with van der Waals surface area (Å²) in [6.07, 6.45) is 4.70. The largest absolute Gasteiger partial charge is 0.376 e. The predicted molar refractivity (Wildman–Crippen MR) is 103 cm³/mol. The van der Waals surface area contributed by atoms with Crippen LogP contribution in [-0.4, -0.2) is 56.7 Å². The zero-order valence-electron chi connectivity index (χ0n) is 15.5. The summed E-state index contributed by atoms with van der Waals surface area (Å²) >= 11 is 1.81. The third-order valence-corrected chi connectivity index (χ3v) is 5.37. The maximum Gasteiger partial charge on any atom is 0.243 e. The van der Waals surface area contributed by atoms with Gasteiger partial charge in [-0.15, -0.1) is 11.3 Å². The molecule has 1 aromatic heterocycles. The van der Waals surface area contributed by atoms with E-state index in [2.05, 4.69) is 34.7 Å². The van der Waals surface area contributed by atoms with Crippen molar-refractivity contribution in [3.8, 4) is 0 Å². The molecule has 2 heterocycles. The zero-order chi connectivity index (χ0) is 18.1. The molecule has 1 aromatic rings. The van der Waals surface area contributed by atoms with Crippen molar-refractivity contribution in [2.45, 2.75) is 45.3 Å². The van der Waals surface area contributed by atoms with Crippen molar-refractivity contribution in [3.05, 3.63) is 21.9 Å². The number of thiophene rings is 1. The van der Waals surface area contributed by atoms with E-state index >= 15 is 0 Å². The van der Waals surface area contributed by atoms with Crippen molar-refractivity contribution >= 4 is 23.2 Å². The van der Waals surface area contributed by atoms with E-state index < -0.39 is 0 Å². The fourth-order valence-corrected chi connectivity index (χ4v) is 3.42. The average molecular weight is 367 g/mol. The Kier molecular flexibility index (Phi) is 8.21. The summed E-state index contributed by atoms with van der Waals surface area (Å²) in [5.74, 6) is 0.648. The van der Waals surface area contributed by atoms with Crippen LogP contribution in [0, 0.1) is 0 Å². The number of guanidine groups is 1. The minimum Gasteiger partial charge on any atom is -0.376 e. The van der Waals surface area contributed by atoms with Gasteiger partial charge in [-0.2, -0.15) is 0 Å². The minimum atomic E-state index is -0.0144. The van der Waals surface area contributed by atoms with Crippen LogP contribution in [-0.2, 0) is 22.5 Å². The van der Waals surface area contributed by atoms with E-state index in [0.717, 1.165) is 25.9 Å². The van der Waals surface area contributed by atoms with Gasteiger partial charge in [-0.25, -0.2) is 4.99 Å². The number of nitrogens with zero attached hydrogens (tertiary/aromatic N) is 2. The van der Waals surface area contributed by atoms with E-state index in [9.17, 15) is 4.79 Å². The van der Waals surface area contributed by atoms with E-state index in [-0.39, 0.29) is 18.6 Å². The monoisotopic (exact) mass is 366 g/mol. The van der Waals surface area contributed by atoms with Crippen LogP contribution < -0.4 is 10.6 Å². The van der Waals surface area contributed by atoms with Gasteiger partial charge in [0.05, 0.1) is 12.6 Å². The third kappa shape index (κ3) is 7.04. The van der Waals surface area contributed by atoms with Gasteiger partial charge in [0.1, 0.15) is 6.54 Å². The second-order valence-electron chi connectivity index (χ2n) is 6.40. The smallest absolute Gasteiger partial charge is 0.243 e.